The van der Waals surface area contributed by atoms with Crippen LogP contribution in [0.15, 0.2) is 22.7 Å². The highest BCUT2D eigenvalue weighted by Crippen LogP contribution is 2.23. The fourth-order valence-corrected chi connectivity index (χ4v) is 1.75. The summed E-state index contributed by atoms with van der Waals surface area (Å²) in [5.74, 6) is -0.612. The van der Waals surface area contributed by atoms with E-state index in [2.05, 4.69) is 15.9 Å². The van der Waals surface area contributed by atoms with Crippen LogP contribution in [-0.2, 0) is 0 Å². The van der Waals surface area contributed by atoms with E-state index in [0.29, 0.717) is 4.47 Å². The molecule has 0 fully saturated rings. The van der Waals surface area contributed by atoms with Gasteiger partial charge in [0.1, 0.15) is 13.1 Å². The van der Waals surface area contributed by atoms with Crippen molar-refractivity contribution in [1.29, 1.82) is 10.5 Å². The standard InChI is InChI=1S/C11H7BrN4O3/c12-10-2-1-8(16(18)19)7-9(10)11(17)15(5-3-13)6-4-14/h1-2,7H,5-6H2. The molecule has 0 saturated carbocycles. The summed E-state index contributed by atoms with van der Waals surface area (Å²) in [7, 11) is 0. The normalized spacial score (nSPS) is 9.21. The van der Waals surface area contributed by atoms with Gasteiger partial charge in [0, 0.05) is 16.6 Å². The lowest BCUT2D eigenvalue weighted by Gasteiger charge is -2.16. The van der Waals surface area contributed by atoms with Crippen LogP contribution in [0.3, 0.4) is 0 Å². The smallest absolute Gasteiger partial charge is 0.270 e. The highest BCUT2D eigenvalue weighted by atomic mass is 79.9. The monoisotopic (exact) mass is 322 g/mol. The predicted octanol–water partition coefficient (Wildman–Crippen LogP) is 1.85. The van der Waals surface area contributed by atoms with E-state index in [1.807, 2.05) is 0 Å². The molecule has 1 rings (SSSR count). The van der Waals surface area contributed by atoms with Gasteiger partial charge in [-0.3, -0.25) is 14.9 Å². The number of benzene rings is 1. The van der Waals surface area contributed by atoms with E-state index in [9.17, 15) is 14.9 Å². The first kappa shape index (κ1) is 14.6. The summed E-state index contributed by atoms with van der Waals surface area (Å²) in [6.07, 6.45) is 0. The van der Waals surface area contributed by atoms with Gasteiger partial charge >= 0.3 is 0 Å². The molecule has 0 bridgehead atoms. The lowest BCUT2D eigenvalue weighted by Crippen LogP contribution is -2.32. The molecule has 0 saturated heterocycles. The molecule has 96 valence electrons. The lowest BCUT2D eigenvalue weighted by molar-refractivity contribution is -0.384. The van der Waals surface area contributed by atoms with Gasteiger partial charge in [-0.05, 0) is 22.0 Å². The molecule has 0 aliphatic heterocycles. The first-order chi connectivity index (χ1) is 9.01. The van der Waals surface area contributed by atoms with Crippen molar-refractivity contribution in [1.82, 2.24) is 4.90 Å². The van der Waals surface area contributed by atoms with Crippen LogP contribution in [0.2, 0.25) is 0 Å². The first-order valence-corrected chi connectivity index (χ1v) is 5.77. The summed E-state index contributed by atoms with van der Waals surface area (Å²) < 4.78 is 0.365. The van der Waals surface area contributed by atoms with Crippen molar-refractivity contribution in [2.45, 2.75) is 0 Å². The largest absolute Gasteiger partial charge is 0.312 e. The second kappa shape index (κ2) is 6.47. The van der Waals surface area contributed by atoms with Crippen LogP contribution in [0.1, 0.15) is 10.4 Å². The summed E-state index contributed by atoms with van der Waals surface area (Å²) in [5.41, 5.74) is -0.194. The van der Waals surface area contributed by atoms with Gasteiger partial charge in [-0.25, -0.2) is 0 Å². The number of rotatable bonds is 4. The molecule has 0 aromatic heterocycles. The van der Waals surface area contributed by atoms with Crippen molar-refractivity contribution in [3.63, 3.8) is 0 Å². The number of nitro groups is 1. The van der Waals surface area contributed by atoms with E-state index in [-0.39, 0.29) is 24.3 Å². The third kappa shape index (κ3) is 3.50. The summed E-state index contributed by atoms with van der Waals surface area (Å²) in [5, 5.41) is 27.9. The van der Waals surface area contributed by atoms with Crippen LogP contribution in [-0.4, -0.2) is 28.8 Å². The number of hydrogen-bond acceptors (Lipinski definition) is 5. The zero-order valence-corrected chi connectivity index (χ0v) is 11.1. The number of hydrogen-bond donors (Lipinski definition) is 0. The van der Waals surface area contributed by atoms with Crippen molar-refractivity contribution >= 4 is 27.5 Å². The average Bonchev–Trinajstić information content (AvgIpc) is 2.38. The summed E-state index contributed by atoms with van der Waals surface area (Å²) in [4.78, 5) is 23.1. The predicted molar refractivity (Wildman–Crippen MR) is 67.9 cm³/mol. The second-order valence-electron chi connectivity index (χ2n) is 3.40. The number of non-ortho nitro benzene ring substituents is 1. The second-order valence-corrected chi connectivity index (χ2v) is 4.25. The third-order valence-electron chi connectivity index (χ3n) is 2.20. The van der Waals surface area contributed by atoms with Gasteiger partial charge in [0.05, 0.1) is 22.6 Å². The van der Waals surface area contributed by atoms with E-state index in [4.69, 9.17) is 10.5 Å². The van der Waals surface area contributed by atoms with Crippen molar-refractivity contribution in [2.24, 2.45) is 0 Å². The van der Waals surface area contributed by atoms with Gasteiger partial charge < -0.3 is 4.90 Å². The first-order valence-electron chi connectivity index (χ1n) is 4.98. The van der Waals surface area contributed by atoms with E-state index in [1.54, 1.807) is 12.1 Å². The molecule has 1 aromatic carbocycles. The molecule has 0 aliphatic rings. The van der Waals surface area contributed by atoms with Crippen LogP contribution in [0, 0.1) is 32.8 Å². The maximum atomic E-state index is 12.1. The van der Waals surface area contributed by atoms with E-state index >= 15 is 0 Å². The minimum absolute atomic E-state index is 0.0414. The Balaban J connectivity index is 3.17. The molecule has 0 heterocycles. The molecule has 0 aliphatic carbocycles. The molecule has 0 unspecified atom stereocenters. The number of nitro benzene ring substituents is 1. The van der Waals surface area contributed by atoms with E-state index in [0.717, 1.165) is 11.0 Å². The van der Waals surface area contributed by atoms with Crippen molar-refractivity contribution in [2.75, 3.05) is 13.1 Å². The Bertz CT molecular complexity index is 587. The number of amides is 1. The maximum absolute atomic E-state index is 12.1. The Morgan fingerprint density at radius 2 is 1.95 bits per heavy atom. The number of nitrogens with zero attached hydrogens (tertiary/aromatic N) is 4. The molecule has 0 atom stereocenters. The molecule has 8 heteroatoms. The topological polar surface area (TPSA) is 111 Å². The van der Waals surface area contributed by atoms with Gasteiger partial charge in [0.2, 0.25) is 0 Å². The summed E-state index contributed by atoms with van der Waals surface area (Å²) in [6, 6.07) is 7.26. The van der Waals surface area contributed by atoms with Crippen LogP contribution in [0.4, 0.5) is 5.69 Å². The zero-order valence-electron chi connectivity index (χ0n) is 9.54. The van der Waals surface area contributed by atoms with Crippen LogP contribution in [0.25, 0.3) is 0 Å². The van der Waals surface area contributed by atoms with E-state index in [1.165, 1.54) is 12.1 Å². The molecular formula is C11H7BrN4O3. The Kier molecular flexibility index (Phi) is 4.98. The molecule has 0 radical (unpaired) electrons. The Labute approximate surface area is 116 Å². The molecule has 1 aromatic rings. The molecule has 0 N–H and O–H groups in total. The SMILES string of the molecule is N#CCN(CC#N)C(=O)c1cc([N+](=O)[O-])ccc1Br. The average molecular weight is 323 g/mol. The highest BCUT2D eigenvalue weighted by Gasteiger charge is 2.20. The van der Waals surface area contributed by atoms with E-state index < -0.39 is 10.8 Å². The number of nitriles is 2. The summed E-state index contributed by atoms with van der Waals surface area (Å²) >= 11 is 3.11. The molecule has 0 spiro atoms. The molecular weight excluding hydrogens is 316 g/mol. The maximum Gasteiger partial charge on any atom is 0.270 e. The molecule has 19 heavy (non-hydrogen) atoms. The molecule has 7 nitrogen and oxygen atoms in total. The fraction of sp³-hybridized carbons (Fsp3) is 0.182. The van der Waals surface area contributed by atoms with Crippen molar-refractivity contribution in [3.05, 3.63) is 38.3 Å². The highest BCUT2D eigenvalue weighted by molar-refractivity contribution is 9.10. The van der Waals surface area contributed by atoms with Gasteiger partial charge in [-0.1, -0.05) is 0 Å². The third-order valence-corrected chi connectivity index (χ3v) is 2.89. The van der Waals surface area contributed by atoms with Crippen LogP contribution in [0.5, 0.6) is 0 Å². The van der Waals surface area contributed by atoms with Gasteiger partial charge in [-0.2, -0.15) is 10.5 Å². The van der Waals surface area contributed by atoms with Crippen LogP contribution >= 0.6 is 15.9 Å². The number of carbonyl (C=O) groups excluding carboxylic acids is 1. The van der Waals surface area contributed by atoms with Crippen molar-refractivity contribution < 1.29 is 9.72 Å². The summed E-state index contributed by atoms with van der Waals surface area (Å²) in [6.45, 7) is -0.525. The zero-order chi connectivity index (χ0) is 14.4. The lowest BCUT2D eigenvalue weighted by atomic mass is 10.1. The minimum Gasteiger partial charge on any atom is -0.312 e. The van der Waals surface area contributed by atoms with Crippen LogP contribution < -0.4 is 0 Å². The van der Waals surface area contributed by atoms with Gasteiger partial charge in [0.25, 0.3) is 11.6 Å². The Hall–Kier alpha value is -2.45. The van der Waals surface area contributed by atoms with Crippen molar-refractivity contribution in [3.8, 4) is 12.1 Å². The Morgan fingerprint density at radius 3 is 2.42 bits per heavy atom. The number of carbonyl (C=O) groups is 1. The van der Waals surface area contributed by atoms with Gasteiger partial charge in [0.15, 0.2) is 0 Å². The Morgan fingerprint density at radius 1 is 1.37 bits per heavy atom. The van der Waals surface area contributed by atoms with Gasteiger partial charge in [-0.15, -0.1) is 0 Å². The quantitative estimate of drug-likeness (QED) is 0.477. The fourth-order valence-electron chi connectivity index (χ4n) is 1.33. The minimum atomic E-state index is -0.623. The molecule has 1 amide bonds. The number of halogens is 1.